The molecule has 1 aliphatic carbocycles. The van der Waals surface area contributed by atoms with E-state index in [-0.39, 0.29) is 11.7 Å². The number of hydrogen-bond donors (Lipinski definition) is 2. The second-order valence-corrected chi connectivity index (χ2v) is 8.41. The molecule has 1 unspecified atom stereocenters. The van der Waals surface area contributed by atoms with E-state index in [0.29, 0.717) is 36.1 Å². The highest BCUT2D eigenvalue weighted by Crippen LogP contribution is 2.43. The molecular weight excluding hydrogens is 395 g/mol. The molecule has 1 aliphatic heterocycles. The Balaban J connectivity index is 1.64. The number of benzene rings is 2. The van der Waals surface area contributed by atoms with Crippen LogP contribution in [0.4, 0.5) is 18.9 Å². The summed E-state index contributed by atoms with van der Waals surface area (Å²) in [5.74, 6) is -0.257. The summed E-state index contributed by atoms with van der Waals surface area (Å²) in [6.07, 6.45) is -2.10. The van der Waals surface area contributed by atoms with Crippen molar-refractivity contribution < 1.29 is 27.8 Å². The van der Waals surface area contributed by atoms with E-state index in [9.17, 15) is 23.1 Å². The van der Waals surface area contributed by atoms with Crippen molar-refractivity contribution in [3.8, 4) is 5.75 Å². The van der Waals surface area contributed by atoms with Crippen molar-refractivity contribution in [2.45, 2.75) is 51.0 Å². The van der Waals surface area contributed by atoms with Gasteiger partial charge in [-0.3, -0.25) is 4.79 Å². The first kappa shape index (κ1) is 20.5. The molecule has 0 spiro atoms. The Hall–Kier alpha value is -2.80. The second-order valence-electron chi connectivity index (χ2n) is 8.41. The van der Waals surface area contributed by atoms with Gasteiger partial charge in [-0.1, -0.05) is 18.2 Å². The molecule has 7 heteroatoms. The highest BCUT2D eigenvalue weighted by molar-refractivity contribution is 6.05. The summed E-state index contributed by atoms with van der Waals surface area (Å²) in [4.78, 5) is 12.7. The summed E-state index contributed by atoms with van der Waals surface area (Å²) in [7, 11) is 0. The lowest BCUT2D eigenvalue weighted by atomic mass is 9.88. The molecule has 30 heavy (non-hydrogen) atoms. The van der Waals surface area contributed by atoms with Gasteiger partial charge < -0.3 is 15.2 Å². The van der Waals surface area contributed by atoms with Gasteiger partial charge in [0, 0.05) is 30.2 Å². The van der Waals surface area contributed by atoms with Crippen LogP contribution in [0.25, 0.3) is 5.57 Å². The standard InChI is InChI=1S/C23H22F3NO3/c1-22(2)12-14(17-7-6-15(23(24,25)26)10-20(17)30-22)9-21(29)27-19-5-3-4-13-8-16(28)11-18(13)19/h3-7,9-10,16,28H,8,11-12H2,1-2H3,(H,27,29)/b14-9+. The third-order valence-corrected chi connectivity index (χ3v) is 5.39. The number of hydrogen-bond acceptors (Lipinski definition) is 3. The van der Waals surface area contributed by atoms with Crippen molar-refractivity contribution >= 4 is 17.2 Å². The number of alkyl halides is 3. The number of nitrogens with one attached hydrogen (secondary N) is 1. The van der Waals surface area contributed by atoms with Crippen molar-refractivity contribution in [3.63, 3.8) is 0 Å². The molecule has 0 aromatic heterocycles. The Labute approximate surface area is 172 Å². The molecule has 2 aromatic rings. The van der Waals surface area contributed by atoms with Crippen molar-refractivity contribution in [1.82, 2.24) is 0 Å². The minimum atomic E-state index is -4.47. The Morgan fingerprint density at radius 2 is 2.00 bits per heavy atom. The predicted octanol–water partition coefficient (Wildman–Crippen LogP) is 4.75. The van der Waals surface area contributed by atoms with Crippen LogP contribution in [0, 0.1) is 0 Å². The van der Waals surface area contributed by atoms with E-state index in [4.69, 9.17) is 4.74 Å². The Morgan fingerprint density at radius 3 is 2.73 bits per heavy atom. The van der Waals surface area contributed by atoms with Crippen LogP contribution < -0.4 is 10.1 Å². The number of ether oxygens (including phenoxy) is 1. The van der Waals surface area contributed by atoms with Crippen LogP contribution in [-0.2, 0) is 23.8 Å². The third kappa shape index (κ3) is 4.07. The number of carbonyl (C=O) groups is 1. The molecule has 1 amide bonds. The fourth-order valence-electron chi connectivity index (χ4n) is 4.14. The SMILES string of the molecule is CC1(C)C/C(=C\C(=O)Nc2cccc3c2CC(O)C3)c2ccc(C(F)(F)F)cc2O1. The second kappa shape index (κ2) is 7.16. The number of amides is 1. The van der Waals surface area contributed by atoms with Gasteiger partial charge in [-0.2, -0.15) is 13.2 Å². The van der Waals surface area contributed by atoms with Crippen LogP contribution in [0.3, 0.4) is 0 Å². The Kier molecular flexibility index (Phi) is 4.89. The summed E-state index contributed by atoms with van der Waals surface area (Å²) in [5, 5.41) is 12.8. The van der Waals surface area contributed by atoms with Gasteiger partial charge in [0.2, 0.25) is 5.91 Å². The quantitative estimate of drug-likeness (QED) is 0.694. The van der Waals surface area contributed by atoms with E-state index >= 15 is 0 Å². The lowest BCUT2D eigenvalue weighted by Crippen LogP contribution is -2.32. The molecule has 0 saturated heterocycles. The molecule has 2 aromatic carbocycles. The zero-order valence-corrected chi connectivity index (χ0v) is 16.6. The zero-order chi connectivity index (χ0) is 21.7. The Bertz CT molecular complexity index is 1040. The van der Waals surface area contributed by atoms with Crippen LogP contribution in [0.2, 0.25) is 0 Å². The maximum absolute atomic E-state index is 13.1. The van der Waals surface area contributed by atoms with Gasteiger partial charge in [0.15, 0.2) is 0 Å². The van der Waals surface area contributed by atoms with Crippen molar-refractivity contribution in [2.24, 2.45) is 0 Å². The number of halogens is 3. The van der Waals surface area contributed by atoms with Gasteiger partial charge in [0.1, 0.15) is 11.4 Å². The molecule has 0 fully saturated rings. The van der Waals surface area contributed by atoms with Crippen LogP contribution in [-0.4, -0.2) is 22.7 Å². The van der Waals surface area contributed by atoms with Crippen molar-refractivity contribution in [2.75, 3.05) is 5.32 Å². The first-order chi connectivity index (χ1) is 14.0. The zero-order valence-electron chi connectivity index (χ0n) is 16.6. The molecule has 1 heterocycles. The first-order valence-corrected chi connectivity index (χ1v) is 9.73. The van der Waals surface area contributed by atoms with E-state index in [1.165, 1.54) is 12.1 Å². The minimum absolute atomic E-state index is 0.115. The average Bonchev–Trinajstić information content (AvgIpc) is 3.00. The van der Waals surface area contributed by atoms with E-state index < -0.39 is 23.4 Å². The summed E-state index contributed by atoms with van der Waals surface area (Å²) in [5.41, 5.74) is 2.11. The number of carbonyl (C=O) groups excluding carboxylic acids is 1. The van der Waals surface area contributed by atoms with Crippen LogP contribution in [0.15, 0.2) is 42.5 Å². The first-order valence-electron chi connectivity index (χ1n) is 9.73. The van der Waals surface area contributed by atoms with E-state index in [2.05, 4.69) is 5.32 Å². The lowest BCUT2D eigenvalue weighted by Gasteiger charge is -2.34. The van der Waals surface area contributed by atoms with Gasteiger partial charge in [-0.15, -0.1) is 0 Å². The predicted molar refractivity (Wildman–Crippen MR) is 107 cm³/mol. The molecule has 4 rings (SSSR count). The van der Waals surface area contributed by atoms with Crippen molar-refractivity contribution in [1.29, 1.82) is 0 Å². The van der Waals surface area contributed by atoms with Gasteiger partial charge in [0.05, 0.1) is 11.7 Å². The van der Waals surface area contributed by atoms with Gasteiger partial charge in [-0.05, 0) is 55.2 Å². The molecule has 158 valence electrons. The molecule has 2 aliphatic rings. The fraction of sp³-hybridized carbons (Fsp3) is 0.348. The van der Waals surface area contributed by atoms with E-state index in [1.807, 2.05) is 12.1 Å². The topological polar surface area (TPSA) is 58.6 Å². The third-order valence-electron chi connectivity index (χ3n) is 5.39. The maximum atomic E-state index is 13.1. The van der Waals surface area contributed by atoms with Crippen LogP contribution in [0.1, 0.15) is 42.5 Å². The monoisotopic (exact) mass is 417 g/mol. The van der Waals surface area contributed by atoms with Crippen LogP contribution >= 0.6 is 0 Å². The summed E-state index contributed by atoms with van der Waals surface area (Å²) >= 11 is 0. The highest BCUT2D eigenvalue weighted by Gasteiger charge is 2.35. The molecule has 0 bridgehead atoms. The molecule has 0 saturated carbocycles. The normalized spacial score (nSPS) is 21.0. The summed E-state index contributed by atoms with van der Waals surface area (Å²) in [6, 6.07) is 8.86. The van der Waals surface area contributed by atoms with Crippen LogP contribution in [0.5, 0.6) is 5.75 Å². The molecule has 4 nitrogen and oxygen atoms in total. The number of aliphatic hydroxyl groups excluding tert-OH is 1. The maximum Gasteiger partial charge on any atom is 0.416 e. The number of anilines is 1. The average molecular weight is 417 g/mol. The number of fused-ring (bicyclic) bond motifs is 2. The number of aliphatic hydroxyl groups is 1. The van der Waals surface area contributed by atoms with E-state index in [1.54, 1.807) is 19.9 Å². The van der Waals surface area contributed by atoms with Gasteiger partial charge in [0.25, 0.3) is 0 Å². The van der Waals surface area contributed by atoms with E-state index in [0.717, 1.165) is 23.3 Å². The minimum Gasteiger partial charge on any atom is -0.487 e. The largest absolute Gasteiger partial charge is 0.487 e. The fourth-order valence-corrected chi connectivity index (χ4v) is 4.14. The van der Waals surface area contributed by atoms with Gasteiger partial charge in [-0.25, -0.2) is 0 Å². The highest BCUT2D eigenvalue weighted by atomic mass is 19.4. The smallest absolute Gasteiger partial charge is 0.416 e. The Morgan fingerprint density at radius 1 is 1.23 bits per heavy atom. The summed E-state index contributed by atoms with van der Waals surface area (Å²) < 4.78 is 45.0. The molecule has 0 radical (unpaired) electrons. The molecule has 2 N–H and O–H groups in total. The lowest BCUT2D eigenvalue weighted by molar-refractivity contribution is -0.137. The van der Waals surface area contributed by atoms with Crippen molar-refractivity contribution in [3.05, 3.63) is 64.7 Å². The van der Waals surface area contributed by atoms with Gasteiger partial charge >= 0.3 is 6.18 Å². The summed E-state index contributed by atoms with van der Waals surface area (Å²) in [6.45, 7) is 3.54. The molecule has 1 atom stereocenters. The number of rotatable bonds is 2. The molecular formula is C23H22F3NO3.